The van der Waals surface area contributed by atoms with Crippen LogP contribution in [0.2, 0.25) is 0 Å². The number of aryl methyl sites for hydroxylation is 1. The Hall–Kier alpha value is -1.02. The van der Waals surface area contributed by atoms with E-state index in [1.165, 1.54) is 11.3 Å². The lowest BCUT2D eigenvalue weighted by molar-refractivity contribution is 0.221. The largest absolute Gasteiger partial charge is 0.365 e. The molecule has 1 N–H and O–H groups in total. The highest BCUT2D eigenvalue weighted by atomic mass is 15.2. The van der Waals surface area contributed by atoms with Gasteiger partial charge < -0.3 is 10.2 Å². The van der Waals surface area contributed by atoms with Crippen molar-refractivity contribution in [1.29, 1.82) is 0 Å². The second kappa shape index (κ2) is 6.39. The fourth-order valence-corrected chi connectivity index (χ4v) is 3.17. The van der Waals surface area contributed by atoms with E-state index >= 15 is 0 Å². The van der Waals surface area contributed by atoms with Crippen molar-refractivity contribution in [1.82, 2.24) is 5.32 Å². The number of benzene rings is 1. The highest BCUT2D eigenvalue weighted by Crippen LogP contribution is 2.29. The summed E-state index contributed by atoms with van der Waals surface area (Å²) < 4.78 is 0. The van der Waals surface area contributed by atoms with Crippen LogP contribution in [0.4, 0.5) is 5.69 Å². The van der Waals surface area contributed by atoms with Crippen molar-refractivity contribution in [3.63, 3.8) is 0 Å². The van der Waals surface area contributed by atoms with Crippen molar-refractivity contribution >= 4 is 5.69 Å². The first-order valence-corrected chi connectivity index (χ1v) is 8.42. The molecule has 0 aromatic heterocycles. The van der Waals surface area contributed by atoms with Crippen LogP contribution in [0.15, 0.2) is 24.3 Å². The van der Waals surface area contributed by atoms with Gasteiger partial charge in [-0.1, -0.05) is 53.7 Å². The number of anilines is 1. The molecule has 2 atom stereocenters. The fourth-order valence-electron chi connectivity index (χ4n) is 3.17. The van der Waals surface area contributed by atoms with Gasteiger partial charge in [-0.05, 0) is 35.4 Å². The zero-order valence-electron chi connectivity index (χ0n) is 14.6. The molecule has 1 aliphatic rings. The number of nitrogens with one attached hydrogen (secondary N) is 1. The molecular formula is C19H32N2. The van der Waals surface area contributed by atoms with Crippen LogP contribution in [-0.4, -0.2) is 25.2 Å². The highest BCUT2D eigenvalue weighted by Gasteiger charge is 2.35. The highest BCUT2D eigenvalue weighted by molar-refractivity contribution is 5.49. The van der Waals surface area contributed by atoms with Crippen molar-refractivity contribution in [2.75, 3.05) is 18.0 Å². The second-order valence-electron chi connectivity index (χ2n) is 7.81. The molecule has 1 aromatic carbocycles. The van der Waals surface area contributed by atoms with E-state index in [0.29, 0.717) is 23.4 Å². The fraction of sp³-hybridized carbons (Fsp3) is 0.684. The lowest BCUT2D eigenvalue weighted by Gasteiger charge is -2.47. The zero-order valence-corrected chi connectivity index (χ0v) is 14.6. The van der Waals surface area contributed by atoms with Gasteiger partial charge in [0.15, 0.2) is 0 Å². The molecule has 1 saturated heterocycles. The Morgan fingerprint density at radius 2 is 1.81 bits per heavy atom. The molecule has 2 heteroatoms. The van der Waals surface area contributed by atoms with Gasteiger partial charge in [0.25, 0.3) is 0 Å². The third-order valence-corrected chi connectivity index (χ3v) is 4.84. The monoisotopic (exact) mass is 288 g/mol. The van der Waals surface area contributed by atoms with E-state index in [0.717, 1.165) is 19.5 Å². The van der Waals surface area contributed by atoms with Gasteiger partial charge in [-0.25, -0.2) is 0 Å². The van der Waals surface area contributed by atoms with Gasteiger partial charge in [-0.15, -0.1) is 0 Å². The van der Waals surface area contributed by atoms with Crippen molar-refractivity contribution in [2.24, 2.45) is 11.3 Å². The van der Waals surface area contributed by atoms with Crippen LogP contribution in [0.25, 0.3) is 0 Å². The summed E-state index contributed by atoms with van der Waals surface area (Å²) in [7, 11) is 0. The summed E-state index contributed by atoms with van der Waals surface area (Å²) in [6.45, 7) is 16.0. The number of hydrogen-bond acceptors (Lipinski definition) is 2. The average Bonchev–Trinajstić information content (AvgIpc) is 2.45. The molecule has 2 rings (SSSR count). The smallest absolute Gasteiger partial charge is 0.0438 e. The quantitative estimate of drug-likeness (QED) is 0.901. The van der Waals surface area contributed by atoms with Crippen molar-refractivity contribution in [3.05, 3.63) is 29.8 Å². The number of nitrogens with zero attached hydrogens (tertiary/aromatic N) is 1. The Labute approximate surface area is 130 Å². The third-order valence-electron chi connectivity index (χ3n) is 4.84. The van der Waals surface area contributed by atoms with Gasteiger partial charge in [0.05, 0.1) is 0 Å². The van der Waals surface area contributed by atoms with Crippen LogP contribution in [0, 0.1) is 11.3 Å². The van der Waals surface area contributed by atoms with Gasteiger partial charge in [0, 0.05) is 30.9 Å². The minimum atomic E-state index is 0.295. The molecule has 0 amide bonds. The predicted octanol–water partition coefficient (Wildman–Crippen LogP) is 4.10. The summed E-state index contributed by atoms with van der Waals surface area (Å²) in [5.74, 6) is 0.657. The molecular weight excluding hydrogens is 256 g/mol. The van der Waals surface area contributed by atoms with Crippen molar-refractivity contribution in [2.45, 2.75) is 60.0 Å². The Bertz CT molecular complexity index is 442. The lowest BCUT2D eigenvalue weighted by atomic mass is 9.83. The van der Waals surface area contributed by atoms with E-state index in [1.54, 1.807) is 0 Å². The van der Waals surface area contributed by atoms with E-state index in [1.807, 2.05) is 0 Å². The van der Waals surface area contributed by atoms with Gasteiger partial charge in [-0.3, -0.25) is 0 Å². The molecule has 1 aromatic rings. The minimum Gasteiger partial charge on any atom is -0.365 e. The molecule has 0 aliphatic carbocycles. The molecule has 21 heavy (non-hydrogen) atoms. The first kappa shape index (κ1) is 16.4. The van der Waals surface area contributed by atoms with Gasteiger partial charge in [-0.2, -0.15) is 0 Å². The van der Waals surface area contributed by atoms with Gasteiger partial charge in [0.2, 0.25) is 0 Å². The summed E-state index contributed by atoms with van der Waals surface area (Å²) in [6.07, 6.45) is 1.11. The Morgan fingerprint density at radius 1 is 1.19 bits per heavy atom. The first-order valence-electron chi connectivity index (χ1n) is 8.42. The lowest BCUT2D eigenvalue weighted by Crippen LogP contribution is -2.62. The summed E-state index contributed by atoms with van der Waals surface area (Å²) in [5, 5.41) is 3.77. The number of piperazine rings is 1. The number of rotatable bonds is 3. The Kier molecular flexibility index (Phi) is 4.98. The Balaban J connectivity index is 2.24. The summed E-state index contributed by atoms with van der Waals surface area (Å²) >= 11 is 0. The maximum absolute atomic E-state index is 3.77. The van der Waals surface area contributed by atoms with E-state index in [4.69, 9.17) is 0 Å². The predicted molar refractivity (Wildman–Crippen MR) is 93.0 cm³/mol. The van der Waals surface area contributed by atoms with Crippen LogP contribution in [-0.2, 0) is 6.42 Å². The second-order valence-corrected chi connectivity index (χ2v) is 7.81. The first-order chi connectivity index (χ1) is 9.82. The normalized spacial score (nSPS) is 23.7. The average molecular weight is 288 g/mol. The molecule has 0 spiro atoms. The van der Waals surface area contributed by atoms with Crippen LogP contribution in [0.3, 0.4) is 0 Å². The molecule has 0 saturated carbocycles. The molecule has 2 nitrogen and oxygen atoms in total. The van der Waals surface area contributed by atoms with Crippen molar-refractivity contribution < 1.29 is 0 Å². The van der Waals surface area contributed by atoms with E-state index in [9.17, 15) is 0 Å². The molecule has 1 heterocycles. The standard InChI is InChI=1S/C19H32N2/c1-7-15-8-10-16(11-9-15)21-13-18(19(4,5)6)20-12-17(21)14(2)3/h8-11,14,17-18,20H,7,12-13H2,1-6H3. The van der Waals surface area contributed by atoms with Gasteiger partial charge in [0.1, 0.15) is 0 Å². The van der Waals surface area contributed by atoms with Crippen LogP contribution in [0.5, 0.6) is 0 Å². The van der Waals surface area contributed by atoms with Gasteiger partial charge >= 0.3 is 0 Å². The van der Waals surface area contributed by atoms with Crippen LogP contribution >= 0.6 is 0 Å². The Morgan fingerprint density at radius 3 is 2.29 bits per heavy atom. The van der Waals surface area contributed by atoms with E-state index in [-0.39, 0.29) is 0 Å². The molecule has 2 unspecified atom stereocenters. The van der Waals surface area contributed by atoms with E-state index in [2.05, 4.69) is 76.0 Å². The zero-order chi connectivity index (χ0) is 15.6. The van der Waals surface area contributed by atoms with Crippen LogP contribution < -0.4 is 10.2 Å². The third kappa shape index (κ3) is 3.79. The molecule has 0 radical (unpaired) electrons. The molecule has 1 fully saturated rings. The SMILES string of the molecule is CCc1ccc(N2CC(C(C)(C)C)NCC2C(C)C)cc1. The summed E-state index contributed by atoms with van der Waals surface area (Å²) in [5.41, 5.74) is 3.09. The molecule has 118 valence electrons. The van der Waals surface area contributed by atoms with Crippen LogP contribution in [0.1, 0.15) is 47.1 Å². The minimum absolute atomic E-state index is 0.295. The molecule has 0 bridgehead atoms. The maximum Gasteiger partial charge on any atom is 0.0438 e. The maximum atomic E-state index is 3.77. The number of hydrogen-bond donors (Lipinski definition) is 1. The van der Waals surface area contributed by atoms with Crippen molar-refractivity contribution in [3.8, 4) is 0 Å². The summed E-state index contributed by atoms with van der Waals surface area (Å²) in [6, 6.07) is 10.3. The molecule has 1 aliphatic heterocycles. The summed E-state index contributed by atoms with van der Waals surface area (Å²) in [4.78, 5) is 2.62. The van der Waals surface area contributed by atoms with E-state index < -0.39 is 0 Å². The topological polar surface area (TPSA) is 15.3 Å².